The molecule has 11 heteroatoms. The molecule has 0 saturated carbocycles. The highest BCUT2D eigenvalue weighted by Gasteiger charge is 2.22. The van der Waals surface area contributed by atoms with E-state index in [1.54, 1.807) is 0 Å². The summed E-state index contributed by atoms with van der Waals surface area (Å²) in [6, 6.07) is -0.871. The lowest BCUT2D eigenvalue weighted by molar-refractivity contribution is -0.151. The summed E-state index contributed by atoms with van der Waals surface area (Å²) in [7, 11) is 0. The van der Waals surface area contributed by atoms with E-state index in [0.717, 1.165) is 44.4 Å². The molecule has 1 amide bonds. The quantitative estimate of drug-likeness (QED) is 0.0169. The number of nitrogens with two attached hydrogens (primary N) is 2. The van der Waals surface area contributed by atoms with Crippen LogP contribution in [0.1, 0.15) is 170 Å². The second-order valence-electron chi connectivity index (χ2n) is 12.4. The highest BCUT2D eigenvalue weighted by Crippen LogP contribution is 2.18. The van der Waals surface area contributed by atoms with Gasteiger partial charge in [0.1, 0.15) is 6.04 Å². The van der Waals surface area contributed by atoms with Gasteiger partial charge in [-0.3, -0.25) is 19.4 Å². The van der Waals surface area contributed by atoms with Gasteiger partial charge in [0.2, 0.25) is 5.91 Å². The van der Waals surface area contributed by atoms with Gasteiger partial charge in [-0.25, -0.2) is 4.79 Å². The predicted octanol–water partition coefficient (Wildman–Crippen LogP) is 7.76. The van der Waals surface area contributed by atoms with Crippen molar-refractivity contribution in [3.8, 4) is 0 Å². The Morgan fingerprint density at radius 2 is 1.24 bits per heavy atom. The van der Waals surface area contributed by atoms with Gasteiger partial charge in [-0.15, -0.1) is 0 Å². The summed E-state index contributed by atoms with van der Waals surface area (Å²) in [5.74, 6) is -0.166. The molecule has 0 aliphatic carbocycles. The standard InChI is InChI=1S/C26H48N4O7.C10H22.C2H6/c1-3-5-7-13-21(12-4-2)24(33)36-18-10-11-19-37-25(34)22(15-16-29-26(27)28)30-23(32)14-8-6-9-17-35-20-31;1-4-6-7-9-10(3)8-5-2;1-2/h20-22H,3-19H2,1-2H3,(H,30,32)(H4,27,28,29);10H,4-9H2,1-3H3;1-2H3. The maximum Gasteiger partial charge on any atom is 0.328 e. The molecule has 3 unspecified atom stereocenters. The molecule has 0 aliphatic rings. The van der Waals surface area contributed by atoms with Gasteiger partial charge in [0.05, 0.1) is 25.7 Å². The van der Waals surface area contributed by atoms with Crippen molar-refractivity contribution in [3.63, 3.8) is 0 Å². The van der Waals surface area contributed by atoms with Crippen LogP contribution in [0, 0.1) is 11.8 Å². The molecule has 0 aromatic carbocycles. The first-order chi connectivity index (χ1) is 23.7. The molecule has 11 nitrogen and oxygen atoms in total. The van der Waals surface area contributed by atoms with Crippen molar-refractivity contribution in [2.45, 2.75) is 177 Å². The van der Waals surface area contributed by atoms with E-state index in [1.807, 2.05) is 13.8 Å². The fraction of sp³-hybridized carbons (Fsp3) is 0.868. The third kappa shape index (κ3) is 36.3. The molecule has 0 radical (unpaired) electrons. The fourth-order valence-corrected chi connectivity index (χ4v) is 5.05. The van der Waals surface area contributed by atoms with Crippen LogP contribution in [0.25, 0.3) is 0 Å². The summed E-state index contributed by atoms with van der Waals surface area (Å²) in [6.07, 6.45) is 17.9. The fourth-order valence-electron chi connectivity index (χ4n) is 5.05. The summed E-state index contributed by atoms with van der Waals surface area (Å²) in [4.78, 5) is 51.2. The number of nitrogens with one attached hydrogen (secondary N) is 1. The maximum absolute atomic E-state index is 12.5. The number of aliphatic imine (C=N–C) groups is 1. The Kier molecular flexibility index (Phi) is 40.8. The third-order valence-corrected chi connectivity index (χ3v) is 7.80. The smallest absolute Gasteiger partial charge is 0.328 e. The van der Waals surface area contributed by atoms with Crippen LogP contribution in [0.3, 0.4) is 0 Å². The molecule has 0 saturated heterocycles. The Hall–Kier alpha value is -2.85. The molecule has 0 rings (SSSR count). The van der Waals surface area contributed by atoms with Gasteiger partial charge >= 0.3 is 11.9 Å². The van der Waals surface area contributed by atoms with Crippen molar-refractivity contribution in [1.29, 1.82) is 0 Å². The van der Waals surface area contributed by atoms with Crippen molar-refractivity contribution >= 4 is 30.3 Å². The van der Waals surface area contributed by atoms with Crippen molar-refractivity contribution in [3.05, 3.63) is 0 Å². The van der Waals surface area contributed by atoms with Crippen LogP contribution in [0.15, 0.2) is 4.99 Å². The van der Waals surface area contributed by atoms with Gasteiger partial charge in [-0.2, -0.15) is 0 Å². The van der Waals surface area contributed by atoms with Crippen LogP contribution in [0.2, 0.25) is 0 Å². The van der Waals surface area contributed by atoms with E-state index in [4.69, 9.17) is 20.9 Å². The number of carbonyl (C=O) groups is 4. The van der Waals surface area contributed by atoms with E-state index < -0.39 is 12.0 Å². The highest BCUT2D eigenvalue weighted by atomic mass is 16.5. The number of amides is 1. The number of carbonyl (C=O) groups excluding carboxylic acids is 4. The number of nitrogens with zero attached hydrogens (tertiary/aromatic N) is 1. The first-order valence-corrected chi connectivity index (χ1v) is 19.4. The van der Waals surface area contributed by atoms with E-state index in [9.17, 15) is 19.2 Å². The molecule has 5 N–H and O–H groups in total. The van der Waals surface area contributed by atoms with Crippen LogP contribution in [0.5, 0.6) is 0 Å². The topological polar surface area (TPSA) is 172 Å². The Morgan fingerprint density at radius 3 is 1.80 bits per heavy atom. The molecular formula is C38H76N4O7. The number of ether oxygens (including phenoxy) is 3. The van der Waals surface area contributed by atoms with Gasteiger partial charge in [0.25, 0.3) is 6.47 Å². The van der Waals surface area contributed by atoms with Crippen LogP contribution in [-0.2, 0) is 33.4 Å². The molecule has 0 bridgehead atoms. The van der Waals surface area contributed by atoms with Gasteiger partial charge in [-0.1, -0.05) is 113 Å². The number of rotatable bonds is 30. The monoisotopic (exact) mass is 701 g/mol. The minimum Gasteiger partial charge on any atom is -0.468 e. The van der Waals surface area contributed by atoms with Crippen LogP contribution >= 0.6 is 0 Å². The largest absolute Gasteiger partial charge is 0.468 e. The van der Waals surface area contributed by atoms with Gasteiger partial charge in [0, 0.05) is 13.0 Å². The summed E-state index contributed by atoms with van der Waals surface area (Å²) in [5.41, 5.74) is 10.7. The molecule has 0 heterocycles. The molecule has 0 aliphatic heterocycles. The Balaban J connectivity index is -0.00000150. The van der Waals surface area contributed by atoms with E-state index in [0.29, 0.717) is 45.2 Å². The Morgan fingerprint density at radius 1 is 0.673 bits per heavy atom. The summed E-state index contributed by atoms with van der Waals surface area (Å²) in [5, 5.41) is 2.68. The molecule has 0 fully saturated rings. The first-order valence-electron chi connectivity index (χ1n) is 19.4. The molecule has 0 spiro atoms. The zero-order valence-corrected chi connectivity index (χ0v) is 32.5. The SMILES string of the molecule is CC.CCCCCC(C)CCC.CCCCCC(CCC)C(=O)OCCCCOC(=O)C(CCN=C(N)N)NC(=O)CCCCCOC=O. The van der Waals surface area contributed by atoms with E-state index >= 15 is 0 Å². The normalized spacial score (nSPS) is 12.1. The lowest BCUT2D eigenvalue weighted by atomic mass is 9.97. The first kappa shape index (κ1) is 50.5. The lowest BCUT2D eigenvalue weighted by Gasteiger charge is -2.17. The summed E-state index contributed by atoms with van der Waals surface area (Å²) < 4.78 is 15.4. The van der Waals surface area contributed by atoms with E-state index in [1.165, 1.54) is 38.5 Å². The Bertz CT molecular complexity index is 807. The number of guanidine groups is 1. The number of hydrogen-bond donors (Lipinski definition) is 3. The van der Waals surface area contributed by atoms with Crippen molar-refractivity contribution < 1.29 is 33.4 Å². The average molecular weight is 701 g/mol. The lowest BCUT2D eigenvalue weighted by Crippen LogP contribution is -2.42. The second-order valence-corrected chi connectivity index (χ2v) is 12.4. The van der Waals surface area contributed by atoms with Crippen molar-refractivity contribution in [2.75, 3.05) is 26.4 Å². The predicted molar refractivity (Wildman–Crippen MR) is 201 cm³/mol. The molecule has 0 aromatic rings. The van der Waals surface area contributed by atoms with Gasteiger partial charge in [-0.05, 0) is 57.3 Å². The van der Waals surface area contributed by atoms with Crippen molar-refractivity contribution in [1.82, 2.24) is 5.32 Å². The summed E-state index contributed by atoms with van der Waals surface area (Å²) in [6.45, 7) is 16.4. The molecular weight excluding hydrogens is 624 g/mol. The molecule has 0 aromatic heterocycles. The zero-order valence-electron chi connectivity index (χ0n) is 32.5. The third-order valence-electron chi connectivity index (χ3n) is 7.80. The molecule has 49 heavy (non-hydrogen) atoms. The van der Waals surface area contributed by atoms with Crippen molar-refractivity contribution in [2.24, 2.45) is 28.3 Å². The maximum atomic E-state index is 12.5. The minimum atomic E-state index is -0.871. The zero-order chi connectivity index (χ0) is 37.5. The van der Waals surface area contributed by atoms with E-state index in [2.05, 4.69) is 49.7 Å². The van der Waals surface area contributed by atoms with Crippen LogP contribution in [0.4, 0.5) is 0 Å². The van der Waals surface area contributed by atoms with Crippen LogP contribution in [-0.4, -0.2) is 62.7 Å². The molecule has 3 atom stereocenters. The Labute approximate surface area is 299 Å². The van der Waals surface area contributed by atoms with Gasteiger partial charge < -0.3 is 31.0 Å². The highest BCUT2D eigenvalue weighted by molar-refractivity contribution is 5.84. The molecule has 290 valence electrons. The number of esters is 2. The minimum absolute atomic E-state index is 0.0476. The van der Waals surface area contributed by atoms with Gasteiger partial charge in [0.15, 0.2) is 5.96 Å². The second kappa shape index (κ2) is 39.6. The average Bonchev–Trinajstić information content (AvgIpc) is 3.08. The van der Waals surface area contributed by atoms with E-state index in [-0.39, 0.29) is 56.4 Å². The number of unbranched alkanes of at least 4 members (excludes halogenated alkanes) is 7. The van der Waals surface area contributed by atoms with Crippen LogP contribution < -0.4 is 16.8 Å². The summed E-state index contributed by atoms with van der Waals surface area (Å²) >= 11 is 0. The number of hydrogen-bond acceptors (Lipinski definition) is 8.